The quantitative estimate of drug-likeness (QED) is 0.810. The van der Waals surface area contributed by atoms with Crippen LogP contribution in [0.5, 0.6) is 11.5 Å². The summed E-state index contributed by atoms with van der Waals surface area (Å²) in [6, 6.07) is 12.3. The molecule has 3 rings (SSSR count). The molecule has 6 heteroatoms. The third-order valence-corrected chi connectivity index (χ3v) is 3.66. The summed E-state index contributed by atoms with van der Waals surface area (Å²) in [5.41, 5.74) is 2.00. The van der Waals surface area contributed by atoms with E-state index in [-0.39, 0.29) is 24.6 Å². The van der Waals surface area contributed by atoms with E-state index in [4.69, 9.17) is 9.47 Å². The van der Waals surface area contributed by atoms with Crippen LogP contribution >= 0.6 is 0 Å². The monoisotopic (exact) mass is 352 g/mol. The van der Waals surface area contributed by atoms with Crippen LogP contribution < -0.4 is 20.1 Å². The Bertz CT molecular complexity index is 841. The molecule has 6 nitrogen and oxygen atoms in total. The summed E-state index contributed by atoms with van der Waals surface area (Å²) in [4.78, 5) is 24.0. The van der Waals surface area contributed by atoms with Gasteiger partial charge in [-0.05, 0) is 61.9 Å². The zero-order chi connectivity index (χ0) is 18.5. The lowest BCUT2D eigenvalue weighted by Gasteiger charge is -2.09. The van der Waals surface area contributed by atoms with Crippen LogP contribution in [0.25, 0.3) is 6.08 Å². The Kier molecular flexibility index (Phi) is 5.22. The van der Waals surface area contributed by atoms with Crippen molar-refractivity contribution in [3.8, 4) is 11.5 Å². The molecule has 2 aromatic rings. The van der Waals surface area contributed by atoms with Gasteiger partial charge in [-0.15, -0.1) is 0 Å². The molecule has 26 heavy (non-hydrogen) atoms. The number of hydrogen-bond donors (Lipinski definition) is 2. The lowest BCUT2D eigenvalue weighted by molar-refractivity contribution is -0.111. The standard InChI is InChI=1S/C20H20N2O4/c1-13(2)21-20(24)15-5-7-16(8-6-15)22-19(23)10-4-14-3-9-17-18(11-14)26-12-25-17/h3-11,13H,12H2,1-2H3,(H,21,24)(H,22,23). The summed E-state index contributed by atoms with van der Waals surface area (Å²) >= 11 is 0. The van der Waals surface area contributed by atoms with Crippen molar-refractivity contribution >= 4 is 23.6 Å². The van der Waals surface area contributed by atoms with Gasteiger partial charge in [0.25, 0.3) is 5.91 Å². The van der Waals surface area contributed by atoms with Gasteiger partial charge < -0.3 is 20.1 Å². The topological polar surface area (TPSA) is 76.7 Å². The average Bonchev–Trinajstić information content (AvgIpc) is 3.07. The number of nitrogens with one attached hydrogen (secondary N) is 2. The molecule has 2 N–H and O–H groups in total. The summed E-state index contributed by atoms with van der Waals surface area (Å²) in [6.45, 7) is 4.02. The molecule has 134 valence electrons. The second kappa shape index (κ2) is 7.74. The lowest BCUT2D eigenvalue weighted by atomic mass is 10.1. The zero-order valence-corrected chi connectivity index (χ0v) is 14.6. The number of amides is 2. The Balaban J connectivity index is 1.58. The van der Waals surface area contributed by atoms with E-state index in [1.807, 2.05) is 26.0 Å². The molecular weight excluding hydrogens is 332 g/mol. The van der Waals surface area contributed by atoms with E-state index in [1.54, 1.807) is 36.4 Å². The van der Waals surface area contributed by atoms with Crippen molar-refractivity contribution in [2.45, 2.75) is 19.9 Å². The Hall–Kier alpha value is -3.28. The fourth-order valence-corrected chi connectivity index (χ4v) is 2.42. The summed E-state index contributed by atoms with van der Waals surface area (Å²) in [6.07, 6.45) is 3.14. The average molecular weight is 352 g/mol. The molecule has 0 unspecified atom stereocenters. The van der Waals surface area contributed by atoms with Crippen molar-refractivity contribution < 1.29 is 19.1 Å². The first-order valence-electron chi connectivity index (χ1n) is 8.31. The number of ether oxygens (including phenoxy) is 2. The van der Waals surface area contributed by atoms with Crippen LogP contribution in [0.3, 0.4) is 0 Å². The van der Waals surface area contributed by atoms with Crippen molar-refractivity contribution in [3.05, 3.63) is 59.7 Å². The van der Waals surface area contributed by atoms with E-state index in [9.17, 15) is 9.59 Å². The van der Waals surface area contributed by atoms with E-state index in [1.165, 1.54) is 6.08 Å². The minimum absolute atomic E-state index is 0.0724. The summed E-state index contributed by atoms with van der Waals surface area (Å²) in [5.74, 6) is 0.971. The summed E-state index contributed by atoms with van der Waals surface area (Å²) in [5, 5.41) is 5.58. The highest BCUT2D eigenvalue weighted by molar-refractivity contribution is 6.02. The van der Waals surface area contributed by atoms with Crippen LogP contribution in [0.4, 0.5) is 5.69 Å². The fourth-order valence-electron chi connectivity index (χ4n) is 2.42. The molecule has 0 bridgehead atoms. The van der Waals surface area contributed by atoms with Gasteiger partial charge in [-0.1, -0.05) is 6.07 Å². The molecule has 2 amide bonds. The molecule has 0 spiro atoms. The first-order valence-corrected chi connectivity index (χ1v) is 8.31. The smallest absolute Gasteiger partial charge is 0.251 e. The highest BCUT2D eigenvalue weighted by atomic mass is 16.7. The first-order chi connectivity index (χ1) is 12.5. The van der Waals surface area contributed by atoms with Gasteiger partial charge in [0.15, 0.2) is 11.5 Å². The first kappa shape index (κ1) is 17.5. The van der Waals surface area contributed by atoms with Gasteiger partial charge in [0.05, 0.1) is 0 Å². The maximum absolute atomic E-state index is 12.1. The van der Waals surface area contributed by atoms with Gasteiger partial charge in [-0.2, -0.15) is 0 Å². The Morgan fingerprint density at radius 1 is 1.04 bits per heavy atom. The predicted molar refractivity (Wildman–Crippen MR) is 99.3 cm³/mol. The zero-order valence-electron chi connectivity index (χ0n) is 14.6. The van der Waals surface area contributed by atoms with Gasteiger partial charge in [0, 0.05) is 23.4 Å². The summed E-state index contributed by atoms with van der Waals surface area (Å²) in [7, 11) is 0. The van der Waals surface area contributed by atoms with Crippen LogP contribution in [-0.2, 0) is 4.79 Å². The Labute approximate surface area is 151 Å². The summed E-state index contributed by atoms with van der Waals surface area (Å²) < 4.78 is 10.6. The van der Waals surface area contributed by atoms with E-state index < -0.39 is 0 Å². The molecule has 0 fully saturated rings. The van der Waals surface area contributed by atoms with Gasteiger partial charge >= 0.3 is 0 Å². The van der Waals surface area contributed by atoms with Crippen molar-refractivity contribution in [1.29, 1.82) is 0 Å². The van der Waals surface area contributed by atoms with Crippen molar-refractivity contribution in [3.63, 3.8) is 0 Å². The molecule has 0 saturated carbocycles. The number of benzene rings is 2. The number of carbonyl (C=O) groups excluding carboxylic acids is 2. The van der Waals surface area contributed by atoms with Gasteiger partial charge in [-0.3, -0.25) is 9.59 Å². The molecule has 0 radical (unpaired) electrons. The third-order valence-electron chi connectivity index (χ3n) is 3.66. The number of anilines is 1. The van der Waals surface area contributed by atoms with E-state index in [0.29, 0.717) is 22.7 Å². The molecule has 2 aromatic carbocycles. The molecule has 0 aromatic heterocycles. The van der Waals surface area contributed by atoms with Crippen LogP contribution in [0.15, 0.2) is 48.5 Å². The minimum Gasteiger partial charge on any atom is -0.454 e. The molecular formula is C20H20N2O4. The molecule has 1 heterocycles. The highest BCUT2D eigenvalue weighted by Gasteiger charge is 2.12. The normalized spacial score (nSPS) is 12.4. The van der Waals surface area contributed by atoms with E-state index >= 15 is 0 Å². The number of fused-ring (bicyclic) bond motifs is 1. The highest BCUT2D eigenvalue weighted by Crippen LogP contribution is 2.32. The minimum atomic E-state index is -0.262. The van der Waals surface area contributed by atoms with Crippen LogP contribution in [0.2, 0.25) is 0 Å². The lowest BCUT2D eigenvalue weighted by Crippen LogP contribution is -2.29. The van der Waals surface area contributed by atoms with Gasteiger partial charge in [-0.25, -0.2) is 0 Å². The largest absolute Gasteiger partial charge is 0.454 e. The molecule has 1 aliphatic rings. The Morgan fingerprint density at radius 3 is 2.50 bits per heavy atom. The van der Waals surface area contributed by atoms with Crippen LogP contribution in [0.1, 0.15) is 29.8 Å². The third kappa shape index (κ3) is 4.42. The SMILES string of the molecule is CC(C)NC(=O)c1ccc(NC(=O)C=Cc2ccc3c(c2)OCO3)cc1. The maximum atomic E-state index is 12.1. The van der Waals surface area contributed by atoms with Gasteiger partial charge in [0.1, 0.15) is 0 Å². The van der Waals surface area contributed by atoms with Crippen molar-refractivity contribution in [2.75, 3.05) is 12.1 Å². The second-order valence-corrected chi connectivity index (χ2v) is 6.14. The molecule has 0 aliphatic carbocycles. The number of rotatable bonds is 5. The van der Waals surface area contributed by atoms with Crippen LogP contribution in [-0.4, -0.2) is 24.6 Å². The number of carbonyl (C=O) groups is 2. The van der Waals surface area contributed by atoms with Gasteiger partial charge in [0.2, 0.25) is 12.7 Å². The van der Waals surface area contributed by atoms with Crippen LogP contribution in [0, 0.1) is 0 Å². The van der Waals surface area contributed by atoms with Crippen molar-refractivity contribution in [1.82, 2.24) is 5.32 Å². The van der Waals surface area contributed by atoms with E-state index in [2.05, 4.69) is 10.6 Å². The Morgan fingerprint density at radius 2 is 1.77 bits per heavy atom. The van der Waals surface area contributed by atoms with E-state index in [0.717, 1.165) is 5.56 Å². The molecule has 0 atom stereocenters. The van der Waals surface area contributed by atoms with Crippen molar-refractivity contribution in [2.24, 2.45) is 0 Å². The predicted octanol–water partition coefficient (Wildman–Crippen LogP) is 3.21. The molecule has 1 aliphatic heterocycles. The second-order valence-electron chi connectivity index (χ2n) is 6.14. The fraction of sp³-hybridized carbons (Fsp3) is 0.200. The number of hydrogen-bond acceptors (Lipinski definition) is 4. The maximum Gasteiger partial charge on any atom is 0.251 e. The molecule has 0 saturated heterocycles.